The predicted molar refractivity (Wildman–Crippen MR) is 68.7 cm³/mol. The third kappa shape index (κ3) is 14.5. The zero-order valence-electron chi connectivity index (χ0n) is 11.4. The summed E-state index contributed by atoms with van der Waals surface area (Å²) in [5, 5.41) is 0. The molecule has 0 aromatic rings. The van der Waals surface area contributed by atoms with Crippen LogP contribution in [0.3, 0.4) is 0 Å². The van der Waals surface area contributed by atoms with Crippen molar-refractivity contribution in [1.29, 1.82) is 0 Å². The van der Waals surface area contributed by atoms with Crippen molar-refractivity contribution < 1.29 is 0 Å². The largest absolute Gasteiger partial charge is 0.0683 e. The lowest BCUT2D eigenvalue weighted by Gasteiger charge is -2.15. The Morgan fingerprint density at radius 3 is 1.50 bits per heavy atom. The van der Waals surface area contributed by atoms with Gasteiger partial charge in [0.25, 0.3) is 0 Å². The summed E-state index contributed by atoms with van der Waals surface area (Å²) in [6, 6.07) is 0. The summed E-state index contributed by atoms with van der Waals surface area (Å²) in [4.78, 5) is 0. The third-order valence-corrected chi connectivity index (χ3v) is 2.71. The fraction of sp³-hybridized carbons (Fsp3) is 1.00. The average molecular weight is 200 g/mol. The Bertz CT molecular complexity index is 78.0. The first kappa shape index (κ1) is 16.4. The molecule has 1 fully saturated rings. The maximum absolute atomic E-state index is 2.36. The highest BCUT2D eigenvalue weighted by molar-refractivity contribution is 4.59. The number of hydrogen-bond donors (Lipinski definition) is 0. The Morgan fingerprint density at radius 2 is 1.36 bits per heavy atom. The summed E-state index contributed by atoms with van der Waals surface area (Å²) >= 11 is 0. The van der Waals surface area contributed by atoms with Crippen LogP contribution in [-0.2, 0) is 0 Å². The monoisotopic (exact) mass is 200 g/mol. The van der Waals surface area contributed by atoms with Crippen LogP contribution in [0.25, 0.3) is 0 Å². The van der Waals surface area contributed by atoms with E-state index in [4.69, 9.17) is 0 Å². The minimum absolute atomic E-state index is 0.884. The smallest absolute Gasteiger partial charge is 0.0443 e. The van der Waals surface area contributed by atoms with Crippen LogP contribution >= 0.6 is 0 Å². The van der Waals surface area contributed by atoms with E-state index in [1.807, 2.05) is 13.8 Å². The molecular weight excluding hydrogens is 168 g/mol. The minimum Gasteiger partial charge on any atom is -0.0683 e. The van der Waals surface area contributed by atoms with E-state index >= 15 is 0 Å². The third-order valence-electron chi connectivity index (χ3n) is 2.71. The zero-order valence-corrected chi connectivity index (χ0v) is 11.4. The summed E-state index contributed by atoms with van der Waals surface area (Å²) in [5.41, 5.74) is 0. The van der Waals surface area contributed by atoms with Crippen molar-refractivity contribution in [3.05, 3.63) is 0 Å². The molecule has 0 amide bonds. The van der Waals surface area contributed by atoms with Gasteiger partial charge >= 0.3 is 0 Å². The molecule has 0 saturated heterocycles. The summed E-state index contributed by atoms with van der Waals surface area (Å²) in [6.07, 6.45) is 8.74. The second-order valence-electron chi connectivity index (χ2n) is 4.55. The molecule has 0 N–H and O–H groups in total. The van der Waals surface area contributed by atoms with E-state index < -0.39 is 0 Å². The molecule has 0 heterocycles. The zero-order chi connectivity index (χ0) is 11.4. The first-order chi connectivity index (χ1) is 6.66. The van der Waals surface area contributed by atoms with Crippen molar-refractivity contribution in [1.82, 2.24) is 0 Å². The van der Waals surface area contributed by atoms with Crippen molar-refractivity contribution in [2.75, 3.05) is 0 Å². The first-order valence-corrected chi connectivity index (χ1v) is 6.66. The van der Waals surface area contributed by atoms with Crippen LogP contribution in [0, 0.1) is 11.8 Å². The lowest BCUT2D eigenvalue weighted by Crippen LogP contribution is -1.99. The lowest BCUT2D eigenvalue weighted by molar-refractivity contribution is 0.385. The first-order valence-electron chi connectivity index (χ1n) is 6.66. The number of rotatable bonds is 1. The maximum Gasteiger partial charge on any atom is -0.0443 e. The number of hydrogen-bond acceptors (Lipinski definition) is 0. The van der Waals surface area contributed by atoms with Crippen molar-refractivity contribution in [2.45, 2.75) is 80.1 Å². The van der Waals surface area contributed by atoms with Crippen LogP contribution in [0.2, 0.25) is 0 Å². The Balaban J connectivity index is 0. The Labute approximate surface area is 92.5 Å². The highest BCUT2D eigenvalue weighted by Gasteiger charge is 2.05. The molecule has 14 heavy (non-hydrogen) atoms. The molecule has 0 atom stereocenters. The van der Waals surface area contributed by atoms with Crippen LogP contribution in [0.5, 0.6) is 0 Å². The summed E-state index contributed by atoms with van der Waals surface area (Å²) in [6.45, 7) is 13.0. The Hall–Kier alpha value is 0. The van der Waals surface area contributed by atoms with Crippen molar-refractivity contribution in [2.24, 2.45) is 11.8 Å². The molecule has 0 aliphatic heterocycles. The molecular formula is C14H32. The fourth-order valence-corrected chi connectivity index (χ4v) is 1.31. The van der Waals surface area contributed by atoms with E-state index in [1.165, 1.54) is 38.5 Å². The second-order valence-corrected chi connectivity index (χ2v) is 4.55. The molecule has 1 rings (SSSR count). The van der Waals surface area contributed by atoms with Gasteiger partial charge in [0.05, 0.1) is 0 Å². The van der Waals surface area contributed by atoms with Gasteiger partial charge in [-0.3, -0.25) is 0 Å². The fourth-order valence-electron chi connectivity index (χ4n) is 1.31. The van der Waals surface area contributed by atoms with Gasteiger partial charge in [-0.2, -0.15) is 0 Å². The van der Waals surface area contributed by atoms with Crippen molar-refractivity contribution >= 4 is 0 Å². The summed E-state index contributed by atoms with van der Waals surface area (Å²) in [5.74, 6) is 1.92. The topological polar surface area (TPSA) is 0 Å². The highest BCUT2D eigenvalue weighted by Crippen LogP contribution is 2.22. The molecule has 1 aliphatic carbocycles. The van der Waals surface area contributed by atoms with Crippen LogP contribution in [0.1, 0.15) is 80.1 Å². The van der Waals surface area contributed by atoms with Gasteiger partial charge in [-0.25, -0.2) is 0 Å². The van der Waals surface area contributed by atoms with E-state index in [1.54, 1.807) is 0 Å². The van der Waals surface area contributed by atoms with Crippen LogP contribution in [0.15, 0.2) is 0 Å². The SMILES string of the molecule is CC.CC1CCCCC1.CCC(C)C. The molecule has 1 aliphatic rings. The summed E-state index contributed by atoms with van der Waals surface area (Å²) in [7, 11) is 0. The van der Waals surface area contributed by atoms with Gasteiger partial charge in [0.1, 0.15) is 0 Å². The second kappa shape index (κ2) is 13.0. The average Bonchev–Trinajstić information content (AvgIpc) is 2.23. The van der Waals surface area contributed by atoms with E-state index in [0.29, 0.717) is 0 Å². The van der Waals surface area contributed by atoms with E-state index in [0.717, 1.165) is 11.8 Å². The standard InChI is InChI=1S/C7H14.C5H12.C2H6/c1-7-5-3-2-4-6-7;1-4-5(2)3;1-2/h7H,2-6H2,1H3;5H,4H2,1-3H3;1-2H3. The van der Waals surface area contributed by atoms with Gasteiger partial charge in [0, 0.05) is 0 Å². The van der Waals surface area contributed by atoms with Gasteiger partial charge in [-0.1, -0.05) is 80.1 Å². The molecule has 1 saturated carbocycles. The van der Waals surface area contributed by atoms with Crippen LogP contribution in [-0.4, -0.2) is 0 Å². The molecule has 0 heteroatoms. The molecule has 0 unspecified atom stereocenters. The van der Waals surface area contributed by atoms with Crippen LogP contribution in [0.4, 0.5) is 0 Å². The van der Waals surface area contributed by atoms with E-state index in [-0.39, 0.29) is 0 Å². The van der Waals surface area contributed by atoms with Gasteiger partial charge in [0.15, 0.2) is 0 Å². The van der Waals surface area contributed by atoms with Gasteiger partial charge in [-0.05, 0) is 11.8 Å². The van der Waals surface area contributed by atoms with E-state index in [9.17, 15) is 0 Å². The molecule has 0 aromatic heterocycles. The van der Waals surface area contributed by atoms with E-state index in [2.05, 4.69) is 27.7 Å². The van der Waals surface area contributed by atoms with Crippen LogP contribution < -0.4 is 0 Å². The molecule has 88 valence electrons. The molecule has 0 spiro atoms. The van der Waals surface area contributed by atoms with Gasteiger partial charge in [0.2, 0.25) is 0 Å². The quantitative estimate of drug-likeness (QED) is 0.512. The molecule has 0 nitrogen and oxygen atoms in total. The normalized spacial score (nSPS) is 16.5. The highest BCUT2D eigenvalue weighted by atomic mass is 14.1. The van der Waals surface area contributed by atoms with Crippen molar-refractivity contribution in [3.63, 3.8) is 0 Å². The Morgan fingerprint density at radius 1 is 1.00 bits per heavy atom. The van der Waals surface area contributed by atoms with Crippen molar-refractivity contribution in [3.8, 4) is 0 Å². The Kier molecular flexibility index (Phi) is 15.3. The molecule has 0 radical (unpaired) electrons. The minimum atomic E-state index is 0.884. The lowest BCUT2D eigenvalue weighted by atomic mass is 9.91. The molecule has 0 aromatic carbocycles. The molecule has 0 bridgehead atoms. The van der Waals surface area contributed by atoms with Gasteiger partial charge in [-0.15, -0.1) is 0 Å². The predicted octanol–water partition coefficient (Wildman–Crippen LogP) is 5.67. The maximum atomic E-state index is 2.36. The van der Waals surface area contributed by atoms with Gasteiger partial charge < -0.3 is 0 Å². The summed E-state index contributed by atoms with van der Waals surface area (Å²) < 4.78 is 0.